The Morgan fingerprint density at radius 2 is 1.89 bits per heavy atom. The van der Waals surface area contributed by atoms with Gasteiger partial charge >= 0.3 is 0 Å². The Kier molecular flexibility index (Phi) is 8.31. The molecule has 2 atom stereocenters. The molecule has 2 heteroatoms. The molecule has 0 aliphatic carbocycles. The summed E-state index contributed by atoms with van der Waals surface area (Å²) in [6.45, 7) is 8.71. The molecule has 2 nitrogen and oxygen atoms in total. The number of hydrogen-bond acceptors (Lipinski definition) is 2. The first-order chi connectivity index (χ1) is 9.26. The zero-order valence-electron chi connectivity index (χ0n) is 12.7. The topological polar surface area (TPSA) is 21.3 Å². The van der Waals surface area contributed by atoms with Gasteiger partial charge in [-0.3, -0.25) is 0 Å². The summed E-state index contributed by atoms with van der Waals surface area (Å²) in [5.74, 6) is 1.76. The van der Waals surface area contributed by atoms with Crippen molar-refractivity contribution in [1.82, 2.24) is 5.32 Å². The molecule has 0 saturated heterocycles. The minimum absolute atomic E-state index is 0.582. The summed E-state index contributed by atoms with van der Waals surface area (Å²) < 4.78 is 5.79. The number of ether oxygens (including phenoxy) is 1. The van der Waals surface area contributed by atoms with Gasteiger partial charge < -0.3 is 10.1 Å². The van der Waals surface area contributed by atoms with Gasteiger partial charge in [-0.2, -0.15) is 0 Å². The minimum Gasteiger partial charge on any atom is -0.494 e. The third kappa shape index (κ3) is 7.22. The fourth-order valence-corrected chi connectivity index (χ4v) is 2.14. The van der Waals surface area contributed by atoms with Crippen LogP contribution in [0.1, 0.15) is 46.5 Å². The maximum atomic E-state index is 5.79. The summed E-state index contributed by atoms with van der Waals surface area (Å²) in [7, 11) is 0. The molecule has 0 heterocycles. The largest absolute Gasteiger partial charge is 0.494 e. The van der Waals surface area contributed by atoms with E-state index in [0.717, 1.165) is 31.2 Å². The average molecular weight is 263 g/mol. The number of nitrogens with one attached hydrogen (secondary N) is 1. The van der Waals surface area contributed by atoms with Gasteiger partial charge in [0.05, 0.1) is 6.61 Å². The molecule has 1 aromatic rings. The van der Waals surface area contributed by atoms with Crippen LogP contribution in [0.15, 0.2) is 30.3 Å². The fraction of sp³-hybridized carbons (Fsp3) is 0.647. The highest BCUT2D eigenvalue weighted by molar-refractivity contribution is 5.20. The number of hydrogen-bond donors (Lipinski definition) is 1. The van der Waals surface area contributed by atoms with Gasteiger partial charge in [0.15, 0.2) is 0 Å². The van der Waals surface area contributed by atoms with E-state index in [0.29, 0.717) is 6.04 Å². The van der Waals surface area contributed by atoms with Crippen LogP contribution in [0, 0.1) is 5.92 Å². The second-order valence-corrected chi connectivity index (χ2v) is 5.35. The molecule has 0 bridgehead atoms. The lowest BCUT2D eigenvalue weighted by Crippen LogP contribution is -2.32. The molecule has 0 aliphatic heterocycles. The van der Waals surface area contributed by atoms with E-state index in [1.807, 2.05) is 30.3 Å². The second kappa shape index (κ2) is 9.85. The predicted octanol–water partition coefficient (Wildman–Crippen LogP) is 4.26. The van der Waals surface area contributed by atoms with Gasteiger partial charge in [0.1, 0.15) is 5.75 Å². The first-order valence-corrected chi connectivity index (χ1v) is 7.67. The minimum atomic E-state index is 0.582. The van der Waals surface area contributed by atoms with E-state index in [1.54, 1.807) is 0 Å². The lowest BCUT2D eigenvalue weighted by molar-refractivity contribution is 0.268. The summed E-state index contributed by atoms with van der Waals surface area (Å²) in [5, 5.41) is 3.64. The Morgan fingerprint density at radius 3 is 2.53 bits per heavy atom. The average Bonchev–Trinajstić information content (AvgIpc) is 2.45. The van der Waals surface area contributed by atoms with Crippen molar-refractivity contribution < 1.29 is 4.74 Å². The van der Waals surface area contributed by atoms with Crippen molar-refractivity contribution in [2.24, 2.45) is 5.92 Å². The lowest BCUT2D eigenvalue weighted by Gasteiger charge is -2.21. The van der Waals surface area contributed by atoms with Crippen molar-refractivity contribution in [2.45, 2.75) is 52.5 Å². The standard InChI is InChI=1S/C17H29NO/c1-4-12-18-16(14-15(3)5-2)11-13-19-17-9-7-6-8-10-17/h6-10,15-16,18H,4-5,11-14H2,1-3H3. The molecule has 0 amide bonds. The smallest absolute Gasteiger partial charge is 0.119 e. The SMILES string of the molecule is CCCNC(CCOc1ccccc1)CC(C)CC. The first kappa shape index (κ1) is 16.0. The molecule has 0 aliphatic rings. The molecular weight excluding hydrogens is 234 g/mol. The maximum Gasteiger partial charge on any atom is 0.119 e. The van der Waals surface area contributed by atoms with E-state index in [2.05, 4.69) is 26.1 Å². The van der Waals surface area contributed by atoms with E-state index in [9.17, 15) is 0 Å². The van der Waals surface area contributed by atoms with Crippen LogP contribution >= 0.6 is 0 Å². The van der Waals surface area contributed by atoms with Crippen LogP contribution in [-0.2, 0) is 0 Å². The number of rotatable bonds is 10. The zero-order chi connectivity index (χ0) is 13.9. The van der Waals surface area contributed by atoms with Crippen LogP contribution in [0.4, 0.5) is 0 Å². The van der Waals surface area contributed by atoms with Gasteiger partial charge in [-0.15, -0.1) is 0 Å². The molecule has 2 unspecified atom stereocenters. The van der Waals surface area contributed by atoms with Crippen LogP contribution in [-0.4, -0.2) is 19.2 Å². The maximum absolute atomic E-state index is 5.79. The second-order valence-electron chi connectivity index (χ2n) is 5.35. The van der Waals surface area contributed by atoms with Gasteiger partial charge in [0.2, 0.25) is 0 Å². The summed E-state index contributed by atoms with van der Waals surface area (Å²) in [4.78, 5) is 0. The van der Waals surface area contributed by atoms with Crippen molar-refractivity contribution >= 4 is 0 Å². The van der Waals surface area contributed by atoms with Crippen LogP contribution in [0.25, 0.3) is 0 Å². The lowest BCUT2D eigenvalue weighted by atomic mass is 9.97. The molecule has 19 heavy (non-hydrogen) atoms. The van der Waals surface area contributed by atoms with Gasteiger partial charge in [-0.05, 0) is 43.9 Å². The number of benzene rings is 1. The molecule has 0 saturated carbocycles. The van der Waals surface area contributed by atoms with Gasteiger partial charge in [0, 0.05) is 6.04 Å². The fourth-order valence-electron chi connectivity index (χ4n) is 2.14. The summed E-state index contributed by atoms with van der Waals surface area (Å²) >= 11 is 0. The molecule has 0 radical (unpaired) electrons. The third-order valence-electron chi connectivity index (χ3n) is 3.55. The molecule has 0 spiro atoms. The zero-order valence-corrected chi connectivity index (χ0v) is 12.7. The van der Waals surface area contributed by atoms with E-state index >= 15 is 0 Å². The van der Waals surface area contributed by atoms with E-state index < -0.39 is 0 Å². The van der Waals surface area contributed by atoms with Crippen molar-refractivity contribution in [3.63, 3.8) is 0 Å². The van der Waals surface area contributed by atoms with Gasteiger partial charge in [0.25, 0.3) is 0 Å². The Bertz CT molecular complexity index is 312. The Morgan fingerprint density at radius 1 is 1.16 bits per heavy atom. The van der Waals surface area contributed by atoms with Crippen molar-refractivity contribution in [2.75, 3.05) is 13.2 Å². The predicted molar refractivity (Wildman–Crippen MR) is 82.7 cm³/mol. The van der Waals surface area contributed by atoms with Crippen LogP contribution in [0.5, 0.6) is 5.75 Å². The van der Waals surface area contributed by atoms with Crippen LogP contribution in [0.2, 0.25) is 0 Å². The summed E-state index contributed by atoms with van der Waals surface area (Å²) in [5.41, 5.74) is 0. The van der Waals surface area contributed by atoms with Crippen LogP contribution < -0.4 is 10.1 Å². The molecule has 0 aromatic heterocycles. The quantitative estimate of drug-likeness (QED) is 0.681. The monoisotopic (exact) mass is 263 g/mol. The number of para-hydroxylation sites is 1. The molecule has 1 N–H and O–H groups in total. The normalized spacial score (nSPS) is 14.1. The highest BCUT2D eigenvalue weighted by atomic mass is 16.5. The van der Waals surface area contributed by atoms with Crippen molar-refractivity contribution in [1.29, 1.82) is 0 Å². The van der Waals surface area contributed by atoms with E-state index in [-0.39, 0.29) is 0 Å². The molecule has 1 aromatic carbocycles. The van der Waals surface area contributed by atoms with Crippen LogP contribution in [0.3, 0.4) is 0 Å². The van der Waals surface area contributed by atoms with E-state index in [4.69, 9.17) is 4.74 Å². The molecule has 108 valence electrons. The molecule has 0 fully saturated rings. The Hall–Kier alpha value is -1.02. The summed E-state index contributed by atoms with van der Waals surface area (Å²) in [6.07, 6.45) is 4.77. The van der Waals surface area contributed by atoms with Gasteiger partial charge in [-0.25, -0.2) is 0 Å². The Balaban J connectivity index is 2.30. The van der Waals surface area contributed by atoms with Crippen molar-refractivity contribution in [3.8, 4) is 5.75 Å². The highest BCUT2D eigenvalue weighted by Gasteiger charge is 2.11. The van der Waals surface area contributed by atoms with E-state index in [1.165, 1.54) is 19.3 Å². The third-order valence-corrected chi connectivity index (χ3v) is 3.55. The molecular formula is C17H29NO. The molecule has 1 rings (SSSR count). The highest BCUT2D eigenvalue weighted by Crippen LogP contribution is 2.14. The Labute approximate surface area is 118 Å². The first-order valence-electron chi connectivity index (χ1n) is 7.67. The summed E-state index contributed by atoms with van der Waals surface area (Å²) in [6, 6.07) is 10.7. The van der Waals surface area contributed by atoms with Crippen molar-refractivity contribution in [3.05, 3.63) is 30.3 Å². The van der Waals surface area contributed by atoms with Gasteiger partial charge in [-0.1, -0.05) is 45.4 Å².